The van der Waals surface area contributed by atoms with E-state index in [-0.39, 0.29) is 12.0 Å². The van der Waals surface area contributed by atoms with Gasteiger partial charge < -0.3 is 10.4 Å². The second-order valence-electron chi connectivity index (χ2n) is 4.07. The van der Waals surface area contributed by atoms with Crippen molar-refractivity contribution in [1.29, 1.82) is 0 Å². The predicted octanol–water partition coefficient (Wildman–Crippen LogP) is 3.15. The van der Waals surface area contributed by atoms with E-state index in [4.69, 9.17) is 5.11 Å². The van der Waals surface area contributed by atoms with Crippen LogP contribution in [0.1, 0.15) is 23.7 Å². The zero-order valence-electron chi connectivity index (χ0n) is 11.3. The highest BCUT2D eigenvalue weighted by molar-refractivity contribution is 7.99. The van der Waals surface area contributed by atoms with Crippen LogP contribution in [0.3, 0.4) is 0 Å². The topological polar surface area (TPSA) is 66.4 Å². The average molecular weight is 315 g/mol. The third kappa shape index (κ3) is 5.95. The number of aliphatic carboxylic acids is 1. The number of hydrogen-bond acceptors (Lipinski definition) is 3. The van der Waals surface area contributed by atoms with Crippen molar-refractivity contribution in [2.75, 3.05) is 0 Å². The molecule has 0 aliphatic carbocycles. The van der Waals surface area contributed by atoms with Crippen LogP contribution in [0.15, 0.2) is 41.3 Å². The molecule has 0 aromatic heterocycles. The van der Waals surface area contributed by atoms with Gasteiger partial charge in [-0.15, -0.1) is 0 Å². The molecule has 1 atom stereocenters. The van der Waals surface area contributed by atoms with E-state index < -0.39 is 23.7 Å². The molecular weight excluding hydrogens is 300 g/mol. The van der Waals surface area contributed by atoms with E-state index in [0.717, 1.165) is 0 Å². The van der Waals surface area contributed by atoms with Crippen LogP contribution in [-0.2, 0) is 4.79 Å². The lowest BCUT2D eigenvalue weighted by Crippen LogP contribution is -2.40. The van der Waals surface area contributed by atoms with Crippen molar-refractivity contribution in [3.63, 3.8) is 0 Å². The number of hydrogen-bond donors (Lipinski definition) is 2. The van der Waals surface area contributed by atoms with Gasteiger partial charge in [-0.1, -0.05) is 23.9 Å². The molecule has 1 rings (SSSR count). The fourth-order valence-electron chi connectivity index (χ4n) is 1.52. The lowest BCUT2D eigenvalue weighted by atomic mass is 10.1. The number of nitrogens with one attached hydrogen (secondary N) is 1. The Labute approximate surface area is 125 Å². The molecule has 0 spiro atoms. The maximum Gasteiger partial charge on any atom is 0.326 e. The molecule has 114 valence electrons. The monoisotopic (exact) mass is 315 g/mol. The van der Waals surface area contributed by atoms with Crippen molar-refractivity contribution in [3.8, 4) is 0 Å². The van der Waals surface area contributed by atoms with E-state index in [1.54, 1.807) is 19.1 Å². The Balaban J connectivity index is 2.71. The molecule has 0 aliphatic heterocycles. The van der Waals surface area contributed by atoms with Crippen LogP contribution in [0.2, 0.25) is 0 Å². The van der Waals surface area contributed by atoms with Gasteiger partial charge in [0.25, 0.3) is 11.7 Å². The lowest BCUT2D eigenvalue weighted by Gasteiger charge is -2.12. The number of halogens is 2. The Morgan fingerprint density at radius 2 is 1.95 bits per heavy atom. The van der Waals surface area contributed by atoms with Crippen LogP contribution in [0.5, 0.6) is 0 Å². The number of benzene rings is 1. The quantitative estimate of drug-likeness (QED) is 0.599. The van der Waals surface area contributed by atoms with E-state index in [2.05, 4.69) is 5.32 Å². The van der Waals surface area contributed by atoms with E-state index >= 15 is 0 Å². The first kappa shape index (κ1) is 17.2. The summed E-state index contributed by atoms with van der Waals surface area (Å²) in [6, 6.07) is 4.54. The van der Waals surface area contributed by atoms with Gasteiger partial charge in [-0.05, 0) is 37.6 Å². The van der Waals surface area contributed by atoms with Crippen molar-refractivity contribution < 1.29 is 23.5 Å². The molecule has 0 saturated carbocycles. The standard InChI is InChI=1S/C14H15F2NO3S/c1-2-3-4-11(13(19)20)17-12(18)9-5-7-10(8-6-9)21-14(15)16/h2-3,5-8,11,14H,4H2,1H3,(H,17,18)(H,19,20)/b3-2+. The highest BCUT2D eigenvalue weighted by Crippen LogP contribution is 2.25. The van der Waals surface area contributed by atoms with Gasteiger partial charge in [-0.3, -0.25) is 4.79 Å². The molecule has 1 aromatic carbocycles. The lowest BCUT2D eigenvalue weighted by molar-refractivity contribution is -0.139. The molecule has 0 aliphatic rings. The van der Waals surface area contributed by atoms with Crippen molar-refractivity contribution in [2.24, 2.45) is 0 Å². The molecular formula is C14H15F2NO3S. The number of carboxylic acid groups (broad SMARTS) is 1. The second-order valence-corrected chi connectivity index (χ2v) is 5.14. The summed E-state index contributed by atoms with van der Waals surface area (Å²) in [7, 11) is 0. The van der Waals surface area contributed by atoms with Gasteiger partial charge in [-0.2, -0.15) is 8.78 Å². The molecule has 21 heavy (non-hydrogen) atoms. The number of carbonyl (C=O) groups is 2. The predicted molar refractivity (Wildman–Crippen MR) is 76.6 cm³/mol. The largest absolute Gasteiger partial charge is 0.480 e. The first-order valence-corrected chi connectivity index (χ1v) is 7.01. The van der Waals surface area contributed by atoms with Gasteiger partial charge >= 0.3 is 5.97 Å². The number of carboxylic acids is 1. The maximum absolute atomic E-state index is 12.2. The minimum atomic E-state index is -2.53. The fourth-order valence-corrected chi connectivity index (χ4v) is 2.02. The van der Waals surface area contributed by atoms with Crippen LogP contribution >= 0.6 is 11.8 Å². The van der Waals surface area contributed by atoms with Crippen molar-refractivity contribution in [2.45, 2.75) is 30.0 Å². The Morgan fingerprint density at radius 3 is 2.43 bits per heavy atom. The third-order valence-electron chi connectivity index (χ3n) is 2.55. The average Bonchev–Trinajstić information content (AvgIpc) is 2.43. The number of amides is 1. The Bertz CT molecular complexity index is 517. The molecule has 0 saturated heterocycles. The van der Waals surface area contributed by atoms with Gasteiger partial charge in [0.15, 0.2) is 0 Å². The minimum Gasteiger partial charge on any atom is -0.480 e. The van der Waals surface area contributed by atoms with Gasteiger partial charge in [0, 0.05) is 10.5 Å². The van der Waals surface area contributed by atoms with E-state index in [9.17, 15) is 18.4 Å². The van der Waals surface area contributed by atoms with Gasteiger partial charge in [-0.25, -0.2) is 4.79 Å². The molecule has 0 bridgehead atoms. The van der Waals surface area contributed by atoms with Crippen LogP contribution in [0.25, 0.3) is 0 Å². The summed E-state index contributed by atoms with van der Waals surface area (Å²) in [6.07, 6.45) is 3.51. The summed E-state index contributed by atoms with van der Waals surface area (Å²) in [5.41, 5.74) is 0.223. The van der Waals surface area contributed by atoms with E-state index in [1.165, 1.54) is 24.3 Å². The normalized spacial score (nSPS) is 12.6. The summed E-state index contributed by atoms with van der Waals surface area (Å²) in [5, 5.41) is 11.4. The van der Waals surface area contributed by atoms with Crippen molar-refractivity contribution >= 4 is 23.6 Å². The van der Waals surface area contributed by atoms with Crippen LogP contribution in [-0.4, -0.2) is 28.8 Å². The minimum absolute atomic E-state index is 0.177. The molecule has 1 aromatic rings. The molecule has 7 heteroatoms. The van der Waals surface area contributed by atoms with Crippen LogP contribution in [0, 0.1) is 0 Å². The molecule has 0 fully saturated rings. The third-order valence-corrected chi connectivity index (χ3v) is 3.28. The molecule has 1 unspecified atom stereocenters. The highest BCUT2D eigenvalue weighted by atomic mass is 32.2. The van der Waals surface area contributed by atoms with Gasteiger partial charge in [0.05, 0.1) is 0 Å². The zero-order chi connectivity index (χ0) is 15.8. The maximum atomic E-state index is 12.2. The Hall–Kier alpha value is -1.89. The number of alkyl halides is 2. The molecule has 0 heterocycles. The zero-order valence-corrected chi connectivity index (χ0v) is 12.1. The summed E-state index contributed by atoms with van der Waals surface area (Å²) < 4.78 is 24.3. The van der Waals surface area contributed by atoms with Crippen LogP contribution in [0.4, 0.5) is 8.78 Å². The van der Waals surface area contributed by atoms with Crippen LogP contribution < -0.4 is 5.32 Å². The van der Waals surface area contributed by atoms with Gasteiger partial charge in [0.1, 0.15) is 6.04 Å². The first-order chi connectivity index (χ1) is 9.93. The molecule has 4 nitrogen and oxygen atoms in total. The summed E-state index contributed by atoms with van der Waals surface area (Å²) >= 11 is 0.380. The SMILES string of the molecule is C/C=C/CC(NC(=O)c1ccc(SC(F)F)cc1)C(=O)O. The molecule has 1 amide bonds. The summed E-state index contributed by atoms with van der Waals surface area (Å²) in [5.74, 6) is -4.21. The second kappa shape index (κ2) is 8.41. The Morgan fingerprint density at radius 1 is 1.33 bits per heavy atom. The number of rotatable bonds is 7. The van der Waals surface area contributed by atoms with Crippen molar-refractivity contribution in [3.05, 3.63) is 42.0 Å². The summed E-state index contributed by atoms with van der Waals surface area (Å²) in [4.78, 5) is 23.3. The van der Waals surface area contributed by atoms with E-state index in [1.807, 2.05) is 0 Å². The number of allylic oxidation sites excluding steroid dienone is 1. The first-order valence-electron chi connectivity index (χ1n) is 6.13. The van der Waals surface area contributed by atoms with Gasteiger partial charge in [0.2, 0.25) is 0 Å². The highest BCUT2D eigenvalue weighted by Gasteiger charge is 2.19. The smallest absolute Gasteiger partial charge is 0.326 e. The number of carbonyl (C=O) groups excluding carboxylic acids is 1. The van der Waals surface area contributed by atoms with E-state index in [0.29, 0.717) is 16.7 Å². The Kier molecular flexibility index (Phi) is 6.87. The van der Waals surface area contributed by atoms with Crippen molar-refractivity contribution in [1.82, 2.24) is 5.32 Å². The molecule has 0 radical (unpaired) electrons. The summed E-state index contributed by atoms with van der Waals surface area (Å²) in [6.45, 7) is 1.75. The molecule has 2 N–H and O–H groups in total. The number of thioether (sulfide) groups is 1. The fraction of sp³-hybridized carbons (Fsp3) is 0.286.